The fourth-order valence-corrected chi connectivity index (χ4v) is 8.63. The zero-order valence-electron chi connectivity index (χ0n) is 42.3. The predicted octanol–water partition coefficient (Wildman–Crippen LogP) is 17.1. The van der Waals surface area contributed by atoms with Crippen molar-refractivity contribution in [3.63, 3.8) is 0 Å². The minimum atomic E-state index is -0.850. The minimum absolute atomic E-state index is 0.00774. The highest BCUT2D eigenvalue weighted by molar-refractivity contribution is 5.76. The summed E-state index contributed by atoms with van der Waals surface area (Å²) in [4.78, 5) is 24.5. The smallest absolute Gasteiger partial charge is 0.305 e. The molecule has 63 heavy (non-hydrogen) atoms. The Balaban J connectivity index is 3.46. The van der Waals surface area contributed by atoms with Gasteiger partial charge in [-0.15, -0.1) is 0 Å². The number of aliphatic hydroxyl groups excluding tert-OH is 2. The van der Waals surface area contributed by atoms with Crippen LogP contribution >= 0.6 is 0 Å². The summed E-state index contributed by atoms with van der Waals surface area (Å²) in [5.41, 5.74) is 0. The van der Waals surface area contributed by atoms with E-state index in [0.29, 0.717) is 19.4 Å². The Morgan fingerprint density at radius 3 is 1.13 bits per heavy atom. The van der Waals surface area contributed by atoms with Crippen molar-refractivity contribution in [3.8, 4) is 0 Å². The van der Waals surface area contributed by atoms with Crippen molar-refractivity contribution >= 4 is 11.9 Å². The minimum Gasteiger partial charge on any atom is -0.466 e. The van der Waals surface area contributed by atoms with Crippen LogP contribution in [-0.4, -0.2) is 47.4 Å². The highest BCUT2D eigenvalue weighted by Crippen LogP contribution is 2.16. The van der Waals surface area contributed by atoms with Crippen LogP contribution in [0.25, 0.3) is 0 Å². The molecule has 0 spiro atoms. The molecule has 0 heterocycles. The monoisotopic (exact) mass is 888 g/mol. The fraction of sp³-hybridized carbons (Fsp3) is 0.895. The molecule has 0 aliphatic rings. The van der Waals surface area contributed by atoms with Crippen molar-refractivity contribution in [1.29, 1.82) is 0 Å². The lowest BCUT2D eigenvalue weighted by Gasteiger charge is -2.20. The van der Waals surface area contributed by atoms with Crippen LogP contribution in [0.2, 0.25) is 0 Å². The lowest BCUT2D eigenvalue weighted by molar-refractivity contribution is -0.143. The van der Waals surface area contributed by atoms with E-state index in [1.807, 2.05) is 6.08 Å². The third-order valence-electron chi connectivity index (χ3n) is 13.0. The van der Waals surface area contributed by atoms with Gasteiger partial charge in [-0.05, 0) is 57.8 Å². The van der Waals surface area contributed by atoms with Crippen LogP contribution in [0.4, 0.5) is 0 Å². The molecule has 0 aromatic heterocycles. The summed E-state index contributed by atoms with van der Waals surface area (Å²) in [6, 6.07) is -0.634. The second kappa shape index (κ2) is 53.0. The summed E-state index contributed by atoms with van der Waals surface area (Å²) in [6.07, 6.45) is 63.3. The number of ether oxygens (including phenoxy) is 1. The third kappa shape index (κ3) is 49.6. The number of allylic oxidation sites excluding steroid dienone is 3. The molecule has 1 amide bonds. The summed E-state index contributed by atoms with van der Waals surface area (Å²) in [7, 11) is 0. The van der Waals surface area contributed by atoms with Gasteiger partial charge in [0.15, 0.2) is 0 Å². The molecule has 0 aromatic carbocycles. The highest BCUT2D eigenvalue weighted by Gasteiger charge is 2.18. The molecule has 6 heteroatoms. The van der Waals surface area contributed by atoms with Gasteiger partial charge in [-0.25, -0.2) is 0 Å². The number of carbonyl (C=O) groups is 2. The van der Waals surface area contributed by atoms with Crippen LogP contribution in [0.5, 0.6) is 0 Å². The van der Waals surface area contributed by atoms with E-state index in [1.165, 1.54) is 225 Å². The second-order valence-electron chi connectivity index (χ2n) is 19.3. The average Bonchev–Trinajstić information content (AvgIpc) is 3.28. The summed E-state index contributed by atoms with van der Waals surface area (Å²) < 4.78 is 5.47. The summed E-state index contributed by atoms with van der Waals surface area (Å²) in [6.45, 7) is 4.89. The number of hydrogen-bond acceptors (Lipinski definition) is 5. The van der Waals surface area contributed by atoms with Gasteiger partial charge in [0.05, 0.1) is 25.4 Å². The summed E-state index contributed by atoms with van der Waals surface area (Å²) in [5.74, 6) is -0.0835. The Bertz CT molecular complexity index is 982. The van der Waals surface area contributed by atoms with Gasteiger partial charge in [0, 0.05) is 12.8 Å². The first-order valence-electron chi connectivity index (χ1n) is 28.1. The van der Waals surface area contributed by atoms with Crippen molar-refractivity contribution < 1.29 is 24.5 Å². The molecule has 0 radical (unpaired) electrons. The summed E-state index contributed by atoms with van der Waals surface area (Å²) >= 11 is 0. The van der Waals surface area contributed by atoms with Gasteiger partial charge >= 0.3 is 5.97 Å². The first-order valence-corrected chi connectivity index (χ1v) is 28.1. The lowest BCUT2D eigenvalue weighted by Crippen LogP contribution is -2.45. The van der Waals surface area contributed by atoms with E-state index in [1.54, 1.807) is 6.08 Å². The fourth-order valence-electron chi connectivity index (χ4n) is 8.63. The molecule has 372 valence electrons. The number of unbranched alkanes of at least 4 members (excludes halogenated alkanes) is 39. The van der Waals surface area contributed by atoms with Crippen molar-refractivity contribution in [2.45, 2.75) is 315 Å². The van der Waals surface area contributed by atoms with Gasteiger partial charge in [-0.1, -0.05) is 256 Å². The molecule has 6 nitrogen and oxygen atoms in total. The average molecular weight is 889 g/mol. The Morgan fingerprint density at radius 1 is 0.429 bits per heavy atom. The van der Waals surface area contributed by atoms with E-state index in [2.05, 4.69) is 31.3 Å². The molecule has 0 aliphatic heterocycles. The molecule has 2 unspecified atom stereocenters. The number of aliphatic hydroxyl groups is 2. The van der Waals surface area contributed by atoms with E-state index in [-0.39, 0.29) is 18.5 Å². The molecule has 0 saturated heterocycles. The Hall–Kier alpha value is -1.66. The molecule has 0 saturated carbocycles. The van der Waals surface area contributed by atoms with Gasteiger partial charge in [0.1, 0.15) is 0 Å². The van der Waals surface area contributed by atoms with Gasteiger partial charge in [-0.3, -0.25) is 9.59 Å². The summed E-state index contributed by atoms with van der Waals surface area (Å²) in [5, 5.41) is 23.1. The maximum absolute atomic E-state index is 12.4. The molecule has 0 aromatic rings. The normalized spacial score (nSPS) is 12.8. The number of carbonyl (C=O) groups excluding carboxylic acids is 2. The topological polar surface area (TPSA) is 95.9 Å². The maximum atomic E-state index is 12.4. The molecule has 3 N–H and O–H groups in total. The molecule has 0 bridgehead atoms. The molecule has 0 aliphatic carbocycles. The molecule has 2 atom stereocenters. The molecular formula is C57H109NO5. The van der Waals surface area contributed by atoms with Crippen LogP contribution in [0.3, 0.4) is 0 Å². The van der Waals surface area contributed by atoms with E-state index < -0.39 is 12.1 Å². The Kier molecular flexibility index (Phi) is 51.6. The molecule has 0 fully saturated rings. The van der Waals surface area contributed by atoms with E-state index in [0.717, 1.165) is 51.4 Å². The Morgan fingerprint density at radius 2 is 0.746 bits per heavy atom. The van der Waals surface area contributed by atoms with Gasteiger partial charge in [-0.2, -0.15) is 0 Å². The zero-order chi connectivity index (χ0) is 45.8. The SMILES string of the molecule is CCCCCCCCC/C=C\CCCCCCCC(=O)OCCCCCCCCCCCCCCCCCC(=O)NC(CO)C(O)/C=C/CCCCCCCCCCCCCCC. The van der Waals surface area contributed by atoms with Crippen molar-refractivity contribution in [2.75, 3.05) is 13.2 Å². The maximum Gasteiger partial charge on any atom is 0.305 e. The zero-order valence-corrected chi connectivity index (χ0v) is 42.3. The lowest BCUT2D eigenvalue weighted by atomic mass is 10.0. The van der Waals surface area contributed by atoms with Crippen molar-refractivity contribution in [3.05, 3.63) is 24.3 Å². The Labute approximate surface area is 392 Å². The van der Waals surface area contributed by atoms with E-state index in [9.17, 15) is 19.8 Å². The van der Waals surface area contributed by atoms with Gasteiger partial charge < -0.3 is 20.3 Å². The van der Waals surface area contributed by atoms with Gasteiger partial charge in [0.2, 0.25) is 5.91 Å². The first-order chi connectivity index (χ1) is 31.0. The predicted molar refractivity (Wildman–Crippen MR) is 273 cm³/mol. The van der Waals surface area contributed by atoms with Crippen molar-refractivity contribution in [2.24, 2.45) is 0 Å². The number of esters is 1. The second-order valence-corrected chi connectivity index (χ2v) is 19.3. The standard InChI is InChI=1S/C57H109NO5/c1-3-5-7-9-11-13-15-17-19-23-27-31-35-39-43-47-51-57(62)63-52-48-44-40-36-32-28-24-20-22-26-30-34-38-42-46-50-56(61)58-54(53-59)55(60)49-45-41-37-33-29-25-21-18-16-14-12-10-8-6-4-2/h19,23,45,49,54-55,59-60H,3-18,20-22,24-44,46-48,50-53H2,1-2H3,(H,58,61)/b23-19-,49-45+. The number of nitrogens with one attached hydrogen (secondary N) is 1. The number of amides is 1. The van der Waals surface area contributed by atoms with Crippen LogP contribution in [-0.2, 0) is 14.3 Å². The van der Waals surface area contributed by atoms with E-state index in [4.69, 9.17) is 4.74 Å². The van der Waals surface area contributed by atoms with Crippen LogP contribution in [0, 0.1) is 0 Å². The molecular weight excluding hydrogens is 779 g/mol. The number of rotatable bonds is 52. The van der Waals surface area contributed by atoms with Gasteiger partial charge in [0.25, 0.3) is 0 Å². The van der Waals surface area contributed by atoms with Crippen LogP contribution in [0.1, 0.15) is 303 Å². The van der Waals surface area contributed by atoms with Crippen LogP contribution in [0.15, 0.2) is 24.3 Å². The molecule has 0 rings (SSSR count). The first kappa shape index (κ1) is 61.3. The largest absolute Gasteiger partial charge is 0.466 e. The number of hydrogen-bond donors (Lipinski definition) is 3. The van der Waals surface area contributed by atoms with Crippen molar-refractivity contribution in [1.82, 2.24) is 5.32 Å². The third-order valence-corrected chi connectivity index (χ3v) is 13.0. The highest BCUT2D eigenvalue weighted by atomic mass is 16.5. The quantitative estimate of drug-likeness (QED) is 0.0321. The van der Waals surface area contributed by atoms with Crippen LogP contribution < -0.4 is 5.32 Å². The van der Waals surface area contributed by atoms with E-state index >= 15 is 0 Å².